The summed E-state index contributed by atoms with van der Waals surface area (Å²) in [6, 6.07) is 17.0. The summed E-state index contributed by atoms with van der Waals surface area (Å²) in [5, 5.41) is 2.33. The molecule has 3 aromatic rings. The van der Waals surface area contributed by atoms with Crippen molar-refractivity contribution in [1.82, 2.24) is 15.0 Å². The normalized spacial score (nSPS) is 18.7. The first-order chi connectivity index (χ1) is 19.9. The Hall–Kier alpha value is -4.46. The molecule has 0 saturated carbocycles. The molecular formula is C34H28F2N3OP. The van der Waals surface area contributed by atoms with Gasteiger partial charge in [-0.05, 0) is 67.3 Å². The molecule has 1 aromatic heterocycles. The fourth-order valence-corrected chi connectivity index (χ4v) is 7.69. The molecule has 1 heterocycles. The summed E-state index contributed by atoms with van der Waals surface area (Å²) in [4.78, 5) is 14.1. The maximum atomic E-state index is 15.0. The van der Waals surface area contributed by atoms with Gasteiger partial charge in [-0.25, -0.2) is 19.3 Å². The van der Waals surface area contributed by atoms with Crippen LogP contribution in [0.4, 0.5) is 8.78 Å². The Kier molecular flexibility index (Phi) is 8.47. The molecule has 2 aromatic carbocycles. The van der Waals surface area contributed by atoms with Gasteiger partial charge in [0.1, 0.15) is 11.7 Å². The maximum Gasteiger partial charge on any atom is 0.172 e. The maximum absolute atomic E-state index is 15.0. The summed E-state index contributed by atoms with van der Waals surface area (Å²) in [5.74, 6) is 1.83. The largest absolute Gasteiger partial charge is 0.309 e. The highest BCUT2D eigenvalue weighted by molar-refractivity contribution is 7.82. The molecule has 2 aliphatic carbocycles. The Bertz CT molecular complexity index is 1740. The van der Waals surface area contributed by atoms with Gasteiger partial charge < -0.3 is 4.57 Å². The fraction of sp³-hybridized carbons (Fsp3) is 0.147. The number of halogens is 2. The minimum atomic E-state index is -3.15. The molecule has 0 amide bonds. The van der Waals surface area contributed by atoms with Crippen LogP contribution in [0.2, 0.25) is 0 Å². The number of nitrogens with zero attached hydrogens (tertiary/aromatic N) is 3. The van der Waals surface area contributed by atoms with E-state index in [9.17, 15) is 13.3 Å². The molecule has 4 nitrogen and oxygen atoms in total. The molecule has 0 radical (unpaired) electrons. The highest BCUT2D eigenvalue weighted by Crippen LogP contribution is 2.54. The highest BCUT2D eigenvalue weighted by atomic mass is 31.2. The quantitative estimate of drug-likeness (QED) is 0.167. The number of rotatable bonds is 7. The van der Waals surface area contributed by atoms with Crippen molar-refractivity contribution in [1.29, 1.82) is 0 Å². The lowest BCUT2D eigenvalue weighted by atomic mass is 9.99. The zero-order valence-electron chi connectivity index (χ0n) is 22.5. The molecule has 0 saturated heterocycles. The second-order valence-corrected chi connectivity index (χ2v) is 12.6. The van der Waals surface area contributed by atoms with Crippen molar-refractivity contribution in [2.45, 2.75) is 32.1 Å². The molecule has 0 bridgehead atoms. The molecule has 2 aliphatic rings. The molecule has 7 heteroatoms. The van der Waals surface area contributed by atoms with E-state index >= 15 is 0 Å². The van der Waals surface area contributed by atoms with Crippen molar-refractivity contribution in [3.8, 4) is 23.7 Å². The van der Waals surface area contributed by atoms with E-state index in [1.54, 1.807) is 13.0 Å². The van der Waals surface area contributed by atoms with Gasteiger partial charge in [0.2, 0.25) is 0 Å². The minimum Gasteiger partial charge on any atom is -0.309 e. The van der Waals surface area contributed by atoms with Gasteiger partial charge in [-0.15, -0.1) is 6.42 Å². The molecule has 0 spiro atoms. The van der Waals surface area contributed by atoms with Crippen LogP contribution in [-0.2, 0) is 4.57 Å². The van der Waals surface area contributed by atoms with Crippen LogP contribution in [0, 0.1) is 12.3 Å². The second-order valence-electron chi connectivity index (χ2n) is 9.76. The molecule has 0 N–H and O–H groups in total. The van der Waals surface area contributed by atoms with Crippen molar-refractivity contribution >= 4 is 23.3 Å². The zero-order chi connectivity index (χ0) is 28.8. The van der Waals surface area contributed by atoms with Gasteiger partial charge in [0.05, 0.1) is 0 Å². The third-order valence-electron chi connectivity index (χ3n) is 6.99. The van der Waals surface area contributed by atoms with E-state index in [1.165, 1.54) is 24.3 Å². The van der Waals surface area contributed by atoms with Gasteiger partial charge in [-0.3, -0.25) is 0 Å². The van der Waals surface area contributed by atoms with Crippen molar-refractivity contribution in [3.05, 3.63) is 132 Å². The van der Waals surface area contributed by atoms with Gasteiger partial charge in [0.15, 0.2) is 24.6 Å². The van der Waals surface area contributed by atoms with Crippen LogP contribution in [0.15, 0.2) is 120 Å². The van der Waals surface area contributed by atoms with E-state index in [1.807, 2.05) is 72.7 Å². The van der Waals surface area contributed by atoms with E-state index < -0.39 is 13.0 Å². The van der Waals surface area contributed by atoms with Gasteiger partial charge in [0.25, 0.3) is 0 Å². The van der Waals surface area contributed by atoms with E-state index in [4.69, 9.17) is 16.4 Å². The van der Waals surface area contributed by atoms with Crippen LogP contribution in [0.5, 0.6) is 0 Å². The van der Waals surface area contributed by atoms with Crippen LogP contribution < -0.4 is 10.6 Å². The first-order valence-electron chi connectivity index (χ1n) is 13.3. The predicted molar refractivity (Wildman–Crippen MR) is 162 cm³/mol. The van der Waals surface area contributed by atoms with E-state index in [0.29, 0.717) is 46.8 Å². The van der Waals surface area contributed by atoms with E-state index in [-0.39, 0.29) is 11.7 Å². The number of hydrogen-bond acceptors (Lipinski definition) is 4. The monoisotopic (exact) mass is 563 g/mol. The summed E-state index contributed by atoms with van der Waals surface area (Å²) in [6.45, 7) is 1.75. The zero-order valence-corrected chi connectivity index (χ0v) is 23.4. The Balaban J connectivity index is 1.65. The molecule has 204 valence electrons. The highest BCUT2D eigenvalue weighted by Gasteiger charge is 2.32. The molecule has 41 heavy (non-hydrogen) atoms. The number of allylic oxidation sites excluding steroid dienone is 12. The third kappa shape index (κ3) is 6.16. The molecule has 5 rings (SSSR count). The molecular weight excluding hydrogens is 535 g/mol. The number of hydrogen-bond donors (Lipinski definition) is 0. The average Bonchev–Trinajstić information content (AvgIpc) is 3.04. The molecule has 2 atom stereocenters. The summed E-state index contributed by atoms with van der Waals surface area (Å²) >= 11 is 0. The topological polar surface area (TPSA) is 55.7 Å². The SMILES string of the molecule is C#C/C(F)=C\C=C(/C)c1nc(-c2cccc(P(=O)(C3=CC=CCC3)c3ccccc3)c2)nc([C@@H]2C=CC(F)=CC2)n1. The lowest BCUT2D eigenvalue weighted by Crippen LogP contribution is -2.18. The Labute approximate surface area is 239 Å². The van der Waals surface area contributed by atoms with E-state index in [2.05, 4.69) is 11.1 Å². The van der Waals surface area contributed by atoms with Gasteiger partial charge in [-0.2, -0.15) is 4.39 Å². The predicted octanol–water partition coefficient (Wildman–Crippen LogP) is 7.87. The van der Waals surface area contributed by atoms with Crippen molar-refractivity contribution in [2.75, 3.05) is 0 Å². The van der Waals surface area contributed by atoms with Gasteiger partial charge >= 0.3 is 0 Å². The number of benzene rings is 2. The smallest absolute Gasteiger partial charge is 0.172 e. The van der Waals surface area contributed by atoms with Gasteiger partial charge in [-0.1, -0.05) is 78.9 Å². The van der Waals surface area contributed by atoms with Crippen LogP contribution >= 0.6 is 7.14 Å². The summed E-state index contributed by atoms with van der Waals surface area (Å²) in [5.41, 5.74) is 1.24. The number of terminal acetylenes is 1. The summed E-state index contributed by atoms with van der Waals surface area (Å²) in [7, 11) is -3.15. The van der Waals surface area contributed by atoms with Crippen molar-refractivity contribution in [2.24, 2.45) is 0 Å². The molecule has 1 unspecified atom stereocenters. The van der Waals surface area contributed by atoms with Crippen molar-refractivity contribution in [3.63, 3.8) is 0 Å². The van der Waals surface area contributed by atoms with Crippen molar-refractivity contribution < 1.29 is 13.3 Å². The Morgan fingerprint density at radius 2 is 1.88 bits per heavy atom. The fourth-order valence-electron chi connectivity index (χ4n) is 4.78. The van der Waals surface area contributed by atoms with Gasteiger partial charge in [0, 0.05) is 22.1 Å². The number of aromatic nitrogens is 3. The lowest BCUT2D eigenvalue weighted by Gasteiger charge is -2.24. The standard InChI is InChI=1S/C34H28F2N3OP/c1-3-27(35)20-17-24(2)32-37-33(25-18-21-28(36)22-19-25)39-34(38-32)26-11-10-16-31(23-26)41(40,29-12-6-4-7-13-29)30-14-8-5-9-15-30/h1,4-8,10-14,16-18,20-23,25H,9,15,19H2,2H3/b24-17+,27-20+/t25-,41?/m1/s1. The molecule has 0 fully saturated rings. The Morgan fingerprint density at radius 1 is 1.07 bits per heavy atom. The first-order valence-corrected chi connectivity index (χ1v) is 15.0. The molecule has 0 aliphatic heterocycles. The first kappa shape index (κ1) is 28.1. The van der Waals surface area contributed by atoms with Crippen LogP contribution in [0.25, 0.3) is 17.0 Å². The van der Waals surface area contributed by atoms with Crippen LogP contribution in [0.3, 0.4) is 0 Å². The van der Waals surface area contributed by atoms with Crippen LogP contribution in [-0.4, -0.2) is 15.0 Å². The second kappa shape index (κ2) is 12.4. The Morgan fingerprint density at radius 3 is 2.59 bits per heavy atom. The summed E-state index contributed by atoms with van der Waals surface area (Å²) in [6.07, 6.45) is 20.4. The third-order valence-corrected chi connectivity index (χ3v) is 10.2. The lowest BCUT2D eigenvalue weighted by molar-refractivity contribution is 0.589. The summed E-state index contributed by atoms with van der Waals surface area (Å²) < 4.78 is 42.3. The minimum absolute atomic E-state index is 0.265. The average molecular weight is 564 g/mol. The van der Waals surface area contributed by atoms with E-state index in [0.717, 1.165) is 17.0 Å². The van der Waals surface area contributed by atoms with Crippen LogP contribution in [0.1, 0.15) is 43.8 Å².